The number of cyclic esters (lactones) is 1. The molecule has 5 amide bonds. The number of hydrogen-bond acceptors (Lipinski definition) is 8. The summed E-state index contributed by atoms with van der Waals surface area (Å²) in [7, 11) is 1.47. The Morgan fingerprint density at radius 3 is 2.27 bits per heavy atom. The van der Waals surface area contributed by atoms with E-state index in [1.54, 1.807) is 24.3 Å². The van der Waals surface area contributed by atoms with Gasteiger partial charge in [-0.1, -0.05) is 30.3 Å². The molecule has 0 spiro atoms. The van der Waals surface area contributed by atoms with E-state index in [-0.39, 0.29) is 13.2 Å². The molecule has 0 bridgehead atoms. The largest absolute Gasteiger partial charge is 0.461 e. The van der Waals surface area contributed by atoms with E-state index in [1.807, 2.05) is 6.07 Å². The Kier molecular flexibility index (Phi) is 9.46. The highest BCUT2D eigenvalue weighted by Gasteiger charge is 2.43. The summed E-state index contributed by atoms with van der Waals surface area (Å²) in [5.41, 5.74) is 0.741. The maximum absolute atomic E-state index is 13.7. The second kappa shape index (κ2) is 13.0. The number of nitrogens with one attached hydrogen (secondary N) is 2. The zero-order chi connectivity index (χ0) is 29.7. The molecule has 0 unspecified atom stereocenters. The van der Waals surface area contributed by atoms with Crippen molar-refractivity contribution in [1.82, 2.24) is 25.3 Å². The van der Waals surface area contributed by atoms with Crippen LogP contribution in [0.25, 0.3) is 0 Å². The van der Waals surface area contributed by atoms with Crippen molar-refractivity contribution in [2.24, 2.45) is 0 Å². The number of benzene rings is 1. The van der Waals surface area contributed by atoms with Crippen LogP contribution in [0.15, 0.2) is 30.3 Å². The maximum Gasteiger partial charge on any atom is 0.408 e. The minimum atomic E-state index is -1.33. The van der Waals surface area contributed by atoms with Gasteiger partial charge in [-0.25, -0.2) is 9.59 Å². The Hall–Kier alpha value is -4.16. The number of hydrogen-bond donors (Lipinski definition) is 2. The van der Waals surface area contributed by atoms with Gasteiger partial charge in [0, 0.05) is 20.1 Å². The fourth-order valence-electron chi connectivity index (χ4n) is 5.35. The molecule has 2 N–H and O–H groups in total. The summed E-state index contributed by atoms with van der Waals surface area (Å²) < 4.78 is 10.8. The van der Waals surface area contributed by atoms with E-state index in [2.05, 4.69) is 10.6 Å². The molecule has 0 saturated carbocycles. The fourth-order valence-corrected chi connectivity index (χ4v) is 5.35. The number of carbonyl (C=O) groups is 6. The lowest BCUT2D eigenvalue weighted by molar-refractivity contribution is -0.157. The van der Waals surface area contributed by atoms with Crippen LogP contribution in [0.3, 0.4) is 0 Å². The Morgan fingerprint density at radius 2 is 1.59 bits per heavy atom. The number of carbonyl (C=O) groups excluding carboxylic acids is 6. The lowest BCUT2D eigenvalue weighted by Gasteiger charge is -2.34. The molecular weight excluding hydrogens is 534 g/mol. The Morgan fingerprint density at radius 1 is 0.951 bits per heavy atom. The van der Waals surface area contributed by atoms with Crippen molar-refractivity contribution in [3.63, 3.8) is 0 Å². The minimum Gasteiger partial charge on any atom is -0.461 e. The molecule has 1 aromatic rings. The average Bonchev–Trinajstić information content (AvgIpc) is 3.66. The number of rotatable bonds is 3. The number of esters is 1. The molecule has 13 heteroatoms. The first-order valence-corrected chi connectivity index (χ1v) is 13.9. The van der Waals surface area contributed by atoms with Crippen molar-refractivity contribution in [1.29, 1.82) is 0 Å². The molecule has 1 aromatic carbocycles. The van der Waals surface area contributed by atoms with Gasteiger partial charge < -0.3 is 34.8 Å². The predicted molar refractivity (Wildman–Crippen MR) is 144 cm³/mol. The summed E-state index contributed by atoms with van der Waals surface area (Å²) in [5, 5.41) is 5.14. The zero-order valence-corrected chi connectivity index (χ0v) is 23.5. The number of likely N-dealkylation sites (N-methyl/N-ethyl adjacent to an activating group) is 1. The summed E-state index contributed by atoms with van der Waals surface area (Å²) in [6.07, 6.45) is 0.915. The maximum atomic E-state index is 13.7. The van der Waals surface area contributed by atoms with E-state index >= 15 is 0 Å². The molecule has 5 atom stereocenters. The van der Waals surface area contributed by atoms with Crippen molar-refractivity contribution < 1.29 is 38.2 Å². The van der Waals surface area contributed by atoms with Gasteiger partial charge in [0.25, 0.3) is 0 Å². The standard InChI is InChI=1S/C28H37N5O8/c1-17-24(35)33-14-8-12-22(33)27(38)40-16-20(30-28(39)41-15-19-9-5-4-6-10-19)25(36)32-13-7-11-21(32)26(37)31(3)18(2)23(34)29-17/h4-6,9-10,17-18,20-22H,7-8,11-16H2,1-3H3,(H,29,34)(H,30,39)/t17-,18-,20-,21-,22-/m0/s1. The quantitative estimate of drug-likeness (QED) is 0.487. The molecule has 3 aliphatic rings. The van der Waals surface area contributed by atoms with E-state index in [9.17, 15) is 28.8 Å². The molecule has 0 aliphatic carbocycles. The third-order valence-electron chi connectivity index (χ3n) is 7.86. The number of amides is 5. The highest BCUT2D eigenvalue weighted by atomic mass is 16.6. The van der Waals surface area contributed by atoms with Gasteiger partial charge in [0.15, 0.2) is 0 Å². The summed E-state index contributed by atoms with van der Waals surface area (Å²) in [4.78, 5) is 83.0. The number of fused-ring (bicyclic) bond motifs is 2. The zero-order valence-electron chi connectivity index (χ0n) is 23.5. The van der Waals surface area contributed by atoms with Crippen LogP contribution in [0.1, 0.15) is 45.1 Å². The molecular formula is C28H37N5O8. The van der Waals surface area contributed by atoms with Crippen LogP contribution < -0.4 is 10.6 Å². The minimum absolute atomic E-state index is 0.0414. The second-order valence-corrected chi connectivity index (χ2v) is 10.6. The highest BCUT2D eigenvalue weighted by molar-refractivity contribution is 5.96. The van der Waals surface area contributed by atoms with Crippen LogP contribution in [-0.4, -0.2) is 107 Å². The molecule has 0 radical (unpaired) electrons. The van der Waals surface area contributed by atoms with E-state index in [4.69, 9.17) is 9.47 Å². The van der Waals surface area contributed by atoms with Gasteiger partial charge >= 0.3 is 12.1 Å². The smallest absolute Gasteiger partial charge is 0.408 e. The molecule has 3 heterocycles. The van der Waals surface area contributed by atoms with Crippen molar-refractivity contribution in [2.75, 3.05) is 26.7 Å². The number of ether oxygens (including phenoxy) is 2. The molecule has 222 valence electrons. The third kappa shape index (κ3) is 6.77. The van der Waals surface area contributed by atoms with Gasteiger partial charge in [0.05, 0.1) is 0 Å². The molecule has 41 heavy (non-hydrogen) atoms. The van der Waals surface area contributed by atoms with Crippen LogP contribution in [0.2, 0.25) is 0 Å². The molecule has 3 aliphatic heterocycles. The second-order valence-electron chi connectivity index (χ2n) is 10.6. The first-order valence-electron chi connectivity index (χ1n) is 13.9. The lowest BCUT2D eigenvalue weighted by atomic mass is 10.1. The van der Waals surface area contributed by atoms with Gasteiger partial charge in [-0.15, -0.1) is 0 Å². The van der Waals surface area contributed by atoms with E-state index in [0.29, 0.717) is 32.2 Å². The number of nitrogens with zero attached hydrogens (tertiary/aromatic N) is 3. The molecule has 0 aromatic heterocycles. The van der Waals surface area contributed by atoms with Crippen LogP contribution in [0.4, 0.5) is 4.79 Å². The molecule has 3 saturated heterocycles. The van der Waals surface area contributed by atoms with E-state index in [0.717, 1.165) is 5.56 Å². The summed E-state index contributed by atoms with van der Waals surface area (Å²) in [5.74, 6) is -2.78. The normalized spacial score (nSPS) is 28.1. The number of alkyl carbamates (subject to hydrolysis) is 1. The van der Waals surface area contributed by atoms with Crippen molar-refractivity contribution >= 4 is 35.7 Å². The van der Waals surface area contributed by atoms with E-state index in [1.165, 1.54) is 35.6 Å². The van der Waals surface area contributed by atoms with Crippen molar-refractivity contribution in [3.8, 4) is 0 Å². The monoisotopic (exact) mass is 571 g/mol. The van der Waals surface area contributed by atoms with Gasteiger partial charge in [-0.05, 0) is 45.1 Å². The lowest BCUT2D eigenvalue weighted by Crippen LogP contribution is -2.59. The average molecular weight is 572 g/mol. The molecule has 3 fully saturated rings. The third-order valence-corrected chi connectivity index (χ3v) is 7.86. The Bertz CT molecular complexity index is 1180. The summed E-state index contributed by atoms with van der Waals surface area (Å²) in [6.45, 7) is 3.06. The van der Waals surface area contributed by atoms with Gasteiger partial charge in [0.2, 0.25) is 23.6 Å². The Balaban J connectivity index is 1.58. The van der Waals surface area contributed by atoms with Crippen LogP contribution in [0.5, 0.6) is 0 Å². The van der Waals surface area contributed by atoms with Crippen LogP contribution in [0, 0.1) is 0 Å². The first-order chi connectivity index (χ1) is 19.6. The highest BCUT2D eigenvalue weighted by Crippen LogP contribution is 2.23. The predicted octanol–water partition coefficient (Wildman–Crippen LogP) is 0.172. The van der Waals surface area contributed by atoms with Gasteiger partial charge in [-0.3, -0.25) is 19.2 Å². The first kappa shape index (κ1) is 29.8. The van der Waals surface area contributed by atoms with E-state index < -0.39 is 72.5 Å². The Labute approximate surface area is 238 Å². The summed E-state index contributed by atoms with van der Waals surface area (Å²) >= 11 is 0. The van der Waals surface area contributed by atoms with Crippen LogP contribution >= 0.6 is 0 Å². The summed E-state index contributed by atoms with van der Waals surface area (Å²) in [6, 6.07) is 4.01. The molecule has 13 nitrogen and oxygen atoms in total. The van der Waals surface area contributed by atoms with Crippen molar-refractivity contribution in [3.05, 3.63) is 35.9 Å². The van der Waals surface area contributed by atoms with Crippen molar-refractivity contribution in [2.45, 2.75) is 76.3 Å². The SMILES string of the molecule is C[C@@H]1NC(=O)[C@H](C)N(C)C(=O)[C@@H]2CCCN2C(=O)[C@@H](NC(=O)OCc2ccccc2)COC(=O)[C@@H]2CCCN2C1=O. The topological polar surface area (TPSA) is 155 Å². The van der Waals surface area contributed by atoms with Gasteiger partial charge in [0.1, 0.15) is 43.4 Å². The molecule has 4 rings (SSSR count). The fraction of sp³-hybridized carbons (Fsp3) is 0.571. The van der Waals surface area contributed by atoms with Crippen LogP contribution in [-0.2, 0) is 40.1 Å². The van der Waals surface area contributed by atoms with Gasteiger partial charge in [-0.2, -0.15) is 0 Å².